The van der Waals surface area contributed by atoms with Gasteiger partial charge < -0.3 is 14.4 Å². The molecule has 0 saturated carbocycles. The van der Waals surface area contributed by atoms with Crippen molar-refractivity contribution in [3.8, 4) is 5.75 Å². The molecule has 0 N–H and O–H groups in total. The number of hydrogen-bond donors (Lipinski definition) is 0. The van der Waals surface area contributed by atoms with E-state index in [4.69, 9.17) is 9.47 Å². The molecule has 0 radical (unpaired) electrons. The zero-order valence-electron chi connectivity index (χ0n) is 14.5. The fourth-order valence-electron chi connectivity index (χ4n) is 3.65. The first kappa shape index (κ1) is 16.8. The molecule has 5 nitrogen and oxygen atoms in total. The number of hydrogen-bond acceptors (Lipinski definition) is 4. The van der Waals surface area contributed by atoms with Gasteiger partial charge in [0, 0.05) is 30.5 Å². The van der Waals surface area contributed by atoms with Crippen LogP contribution in [0.4, 0.5) is 4.79 Å². The smallest absolute Gasteiger partial charge is 0.410 e. The molecule has 2 bridgehead atoms. The Morgan fingerprint density at radius 3 is 2.21 bits per heavy atom. The fourth-order valence-corrected chi connectivity index (χ4v) is 3.65. The average molecular weight is 331 g/mol. The van der Waals surface area contributed by atoms with Gasteiger partial charge in [-0.05, 0) is 57.9 Å². The van der Waals surface area contributed by atoms with Gasteiger partial charge in [-0.1, -0.05) is 0 Å². The summed E-state index contributed by atoms with van der Waals surface area (Å²) in [7, 11) is 0. The molecule has 0 spiro atoms. The topological polar surface area (TPSA) is 55.8 Å². The van der Waals surface area contributed by atoms with Crippen LogP contribution in [0.1, 0.15) is 56.8 Å². The van der Waals surface area contributed by atoms with E-state index in [9.17, 15) is 9.59 Å². The molecule has 3 atom stereocenters. The average Bonchev–Trinajstić information content (AvgIpc) is 2.78. The molecule has 5 heteroatoms. The lowest BCUT2D eigenvalue weighted by Gasteiger charge is -2.39. The minimum absolute atomic E-state index is 0.100. The van der Waals surface area contributed by atoms with Gasteiger partial charge in [0.1, 0.15) is 23.7 Å². The molecule has 130 valence electrons. The van der Waals surface area contributed by atoms with Crippen LogP contribution in [0.5, 0.6) is 5.75 Å². The standard InChI is InChI=1S/C19H25NO4/c1-19(2,3)24-18(22)20-14-6-7-15(20)11-17(10-14)23-16-8-4-13(12-21)5-9-16/h4-5,8-9,12,14-15,17H,6-7,10-11H2,1-3H3/t14-,15+,17+. The van der Waals surface area contributed by atoms with Gasteiger partial charge in [-0.2, -0.15) is 0 Å². The molecule has 2 fully saturated rings. The predicted octanol–water partition coefficient (Wildman–Crippen LogP) is 3.81. The molecule has 2 saturated heterocycles. The normalized spacial score (nSPS) is 26.1. The Kier molecular flexibility index (Phi) is 4.52. The first-order chi connectivity index (χ1) is 11.4. The van der Waals surface area contributed by atoms with E-state index in [1.165, 1.54) is 0 Å². The molecule has 0 aliphatic carbocycles. The minimum atomic E-state index is -0.468. The van der Waals surface area contributed by atoms with Crippen LogP contribution < -0.4 is 4.74 Å². The van der Waals surface area contributed by atoms with Crippen LogP contribution in [-0.2, 0) is 4.74 Å². The van der Waals surface area contributed by atoms with Crippen LogP contribution in [0.15, 0.2) is 24.3 Å². The molecule has 2 heterocycles. The van der Waals surface area contributed by atoms with Gasteiger partial charge in [0.2, 0.25) is 0 Å². The molecule has 1 aromatic rings. The van der Waals surface area contributed by atoms with Crippen LogP contribution in [0.2, 0.25) is 0 Å². The highest BCUT2D eigenvalue weighted by molar-refractivity contribution is 5.74. The van der Waals surface area contributed by atoms with Crippen molar-refractivity contribution in [2.24, 2.45) is 0 Å². The molecule has 1 amide bonds. The monoisotopic (exact) mass is 331 g/mol. The Bertz CT molecular complexity index is 591. The highest BCUT2D eigenvalue weighted by Gasteiger charge is 2.45. The molecule has 2 aliphatic rings. The van der Waals surface area contributed by atoms with Gasteiger partial charge in [0.05, 0.1) is 0 Å². The summed E-state index contributed by atoms with van der Waals surface area (Å²) in [6.07, 6.45) is 4.38. The maximum atomic E-state index is 12.4. The van der Waals surface area contributed by atoms with Crippen molar-refractivity contribution >= 4 is 12.4 Å². The van der Waals surface area contributed by atoms with Crippen LogP contribution in [-0.4, -0.2) is 41.1 Å². The summed E-state index contributed by atoms with van der Waals surface area (Å²) in [6.45, 7) is 5.68. The number of benzene rings is 1. The Labute approximate surface area is 142 Å². The van der Waals surface area contributed by atoms with Crippen molar-refractivity contribution in [3.05, 3.63) is 29.8 Å². The zero-order chi connectivity index (χ0) is 17.3. The van der Waals surface area contributed by atoms with Crippen LogP contribution in [0.25, 0.3) is 0 Å². The van der Waals surface area contributed by atoms with E-state index in [0.29, 0.717) is 5.56 Å². The Hall–Kier alpha value is -2.04. The predicted molar refractivity (Wildman–Crippen MR) is 90.4 cm³/mol. The van der Waals surface area contributed by atoms with Crippen LogP contribution in [0.3, 0.4) is 0 Å². The minimum Gasteiger partial charge on any atom is -0.490 e. The quantitative estimate of drug-likeness (QED) is 0.790. The summed E-state index contributed by atoms with van der Waals surface area (Å²) in [5.41, 5.74) is 0.173. The van der Waals surface area contributed by atoms with Gasteiger partial charge >= 0.3 is 6.09 Å². The van der Waals surface area contributed by atoms with Gasteiger partial charge in [0.25, 0.3) is 0 Å². The maximum absolute atomic E-state index is 12.4. The van der Waals surface area contributed by atoms with Crippen molar-refractivity contribution in [1.29, 1.82) is 0 Å². The summed E-state index contributed by atoms with van der Waals surface area (Å²) in [6, 6.07) is 7.55. The molecule has 0 unspecified atom stereocenters. The number of piperidine rings is 1. The lowest BCUT2D eigenvalue weighted by atomic mass is 10.00. The van der Waals surface area contributed by atoms with Crippen molar-refractivity contribution in [3.63, 3.8) is 0 Å². The first-order valence-corrected chi connectivity index (χ1v) is 8.59. The molecular formula is C19H25NO4. The van der Waals surface area contributed by atoms with Crippen molar-refractivity contribution < 1.29 is 19.1 Å². The second-order valence-electron chi connectivity index (χ2n) is 7.67. The van der Waals surface area contributed by atoms with E-state index in [-0.39, 0.29) is 24.3 Å². The third-order valence-electron chi connectivity index (χ3n) is 4.61. The number of carbonyl (C=O) groups excluding carboxylic acids is 2. The number of carbonyl (C=O) groups is 2. The summed E-state index contributed by atoms with van der Waals surface area (Å²) < 4.78 is 11.6. The van der Waals surface area contributed by atoms with Gasteiger partial charge in [-0.15, -0.1) is 0 Å². The number of nitrogens with zero attached hydrogens (tertiary/aromatic N) is 1. The van der Waals surface area contributed by atoms with Gasteiger partial charge in [-0.25, -0.2) is 4.79 Å². The SMILES string of the molecule is CC(C)(C)OC(=O)N1[C@@H]2CC[C@H]1C[C@@H](Oc1ccc(C=O)cc1)C2. The number of aldehydes is 1. The van der Waals surface area contributed by atoms with Crippen LogP contribution in [0, 0.1) is 0 Å². The summed E-state index contributed by atoms with van der Waals surface area (Å²) >= 11 is 0. The van der Waals surface area contributed by atoms with E-state index in [1.54, 1.807) is 12.1 Å². The maximum Gasteiger partial charge on any atom is 0.410 e. The first-order valence-electron chi connectivity index (χ1n) is 8.59. The van der Waals surface area contributed by atoms with Crippen molar-refractivity contribution in [2.45, 2.75) is 70.2 Å². The third kappa shape index (κ3) is 3.71. The highest BCUT2D eigenvalue weighted by atomic mass is 16.6. The second kappa shape index (κ2) is 6.46. The van der Waals surface area contributed by atoms with Gasteiger partial charge in [0.15, 0.2) is 0 Å². The largest absolute Gasteiger partial charge is 0.490 e. The molecule has 24 heavy (non-hydrogen) atoms. The van der Waals surface area contributed by atoms with E-state index < -0.39 is 5.60 Å². The van der Waals surface area contributed by atoms with Gasteiger partial charge in [-0.3, -0.25) is 4.79 Å². The highest BCUT2D eigenvalue weighted by Crippen LogP contribution is 2.38. The Balaban J connectivity index is 1.62. The second-order valence-corrected chi connectivity index (χ2v) is 7.67. The lowest BCUT2D eigenvalue weighted by Crippen LogP contribution is -2.50. The molecular weight excluding hydrogens is 306 g/mol. The Morgan fingerprint density at radius 2 is 1.71 bits per heavy atom. The zero-order valence-corrected chi connectivity index (χ0v) is 14.5. The number of amides is 1. The summed E-state index contributed by atoms with van der Waals surface area (Å²) in [4.78, 5) is 25.1. The Morgan fingerprint density at radius 1 is 1.12 bits per heavy atom. The van der Waals surface area contributed by atoms with Crippen LogP contribution >= 0.6 is 0 Å². The molecule has 3 rings (SSSR count). The molecule has 1 aromatic carbocycles. The summed E-state index contributed by atoms with van der Waals surface area (Å²) in [5.74, 6) is 0.774. The van der Waals surface area contributed by atoms with E-state index in [1.807, 2.05) is 37.8 Å². The fraction of sp³-hybridized carbons (Fsp3) is 0.579. The molecule has 2 aliphatic heterocycles. The van der Waals surface area contributed by atoms with E-state index in [0.717, 1.165) is 37.7 Å². The summed E-state index contributed by atoms with van der Waals surface area (Å²) in [5, 5.41) is 0. The van der Waals surface area contributed by atoms with Crippen molar-refractivity contribution in [1.82, 2.24) is 4.90 Å². The van der Waals surface area contributed by atoms with E-state index >= 15 is 0 Å². The number of rotatable bonds is 3. The lowest BCUT2D eigenvalue weighted by molar-refractivity contribution is -0.00707. The number of ether oxygens (including phenoxy) is 2. The van der Waals surface area contributed by atoms with Crippen molar-refractivity contribution in [2.75, 3.05) is 0 Å². The number of fused-ring (bicyclic) bond motifs is 2. The van der Waals surface area contributed by atoms with E-state index in [2.05, 4.69) is 0 Å². The third-order valence-corrected chi connectivity index (χ3v) is 4.61. The molecule has 0 aromatic heterocycles.